The Bertz CT molecular complexity index is 2170. The number of benzene rings is 6. The van der Waals surface area contributed by atoms with E-state index < -0.39 is 10.5 Å². The summed E-state index contributed by atoms with van der Waals surface area (Å²) in [6.45, 7) is 8.34. The van der Waals surface area contributed by atoms with Gasteiger partial charge in [-0.3, -0.25) is 9.59 Å². The van der Waals surface area contributed by atoms with Gasteiger partial charge in [0.25, 0.3) is 0 Å². The molecule has 2 unspecified atom stereocenters. The fraction of sp³-hybridized carbons (Fsp3) is 0.217. The maximum atomic E-state index is 13.3. The SMILES string of the molecule is CCCC(C)(Cl)c1ccc(C(=O)c2ccc(Oc3cccc4c(OC(C)(CCC)c5ccc(C(=O)c6ccc(Cl)cc6)cc5)cccc34)cc2)cc1. The summed E-state index contributed by atoms with van der Waals surface area (Å²) in [6.07, 6.45) is 3.51. The van der Waals surface area contributed by atoms with E-state index in [4.69, 9.17) is 32.7 Å². The first-order chi connectivity index (χ1) is 25.0. The van der Waals surface area contributed by atoms with Gasteiger partial charge in [0.15, 0.2) is 11.6 Å². The minimum absolute atomic E-state index is 0.0588. The van der Waals surface area contributed by atoms with Crippen molar-refractivity contribution < 1.29 is 19.1 Å². The summed E-state index contributed by atoms with van der Waals surface area (Å²) in [5.41, 5.74) is 3.72. The average molecular weight is 730 g/mol. The molecule has 0 fully saturated rings. The number of fused-ring (bicyclic) bond motifs is 1. The molecule has 0 aliphatic heterocycles. The number of ketones is 2. The first-order valence-electron chi connectivity index (χ1n) is 17.7. The highest BCUT2D eigenvalue weighted by Crippen LogP contribution is 2.40. The molecular weight excluding hydrogens is 687 g/mol. The molecule has 0 radical (unpaired) electrons. The fourth-order valence-electron chi connectivity index (χ4n) is 6.70. The van der Waals surface area contributed by atoms with Crippen LogP contribution in [0.25, 0.3) is 10.8 Å². The first-order valence-corrected chi connectivity index (χ1v) is 18.5. The van der Waals surface area contributed by atoms with Crippen LogP contribution in [0.1, 0.15) is 96.3 Å². The van der Waals surface area contributed by atoms with Crippen LogP contribution >= 0.6 is 23.2 Å². The van der Waals surface area contributed by atoms with Crippen LogP contribution in [0.15, 0.2) is 133 Å². The Morgan fingerprint density at radius 1 is 0.558 bits per heavy atom. The number of carbonyl (C=O) groups excluding carboxylic acids is 2. The molecule has 6 heteroatoms. The molecule has 6 rings (SSSR count). The second kappa shape index (κ2) is 15.8. The third-order valence-electron chi connectivity index (χ3n) is 9.58. The summed E-state index contributed by atoms with van der Waals surface area (Å²) < 4.78 is 13.3. The van der Waals surface area contributed by atoms with Gasteiger partial charge in [-0.2, -0.15) is 0 Å². The van der Waals surface area contributed by atoms with Gasteiger partial charge in [0.2, 0.25) is 0 Å². The van der Waals surface area contributed by atoms with Gasteiger partial charge in [0.1, 0.15) is 22.8 Å². The highest BCUT2D eigenvalue weighted by Gasteiger charge is 2.29. The fourth-order valence-corrected chi connectivity index (χ4v) is 7.14. The zero-order valence-electron chi connectivity index (χ0n) is 29.9. The summed E-state index contributed by atoms with van der Waals surface area (Å²) >= 11 is 12.7. The molecule has 52 heavy (non-hydrogen) atoms. The van der Waals surface area contributed by atoms with E-state index in [1.807, 2.05) is 104 Å². The van der Waals surface area contributed by atoms with Gasteiger partial charge < -0.3 is 9.47 Å². The molecular formula is C46H42Cl2O4. The average Bonchev–Trinajstić information content (AvgIpc) is 3.15. The molecule has 0 saturated carbocycles. The molecule has 264 valence electrons. The van der Waals surface area contributed by atoms with Crippen LogP contribution in [-0.4, -0.2) is 11.6 Å². The Kier molecular flexibility index (Phi) is 11.2. The van der Waals surface area contributed by atoms with Crippen molar-refractivity contribution >= 4 is 45.5 Å². The highest BCUT2D eigenvalue weighted by molar-refractivity contribution is 6.30. The molecule has 0 amide bonds. The van der Waals surface area contributed by atoms with E-state index >= 15 is 0 Å². The Labute approximate surface area is 316 Å². The number of hydrogen-bond donors (Lipinski definition) is 0. The number of hydrogen-bond acceptors (Lipinski definition) is 4. The molecule has 0 aliphatic rings. The van der Waals surface area contributed by atoms with Crippen LogP contribution in [0.4, 0.5) is 0 Å². The standard InChI is InChI=1S/C46H42Cl2O4/c1-5-29-45(3,48)35-21-13-31(14-22-35)44(50)34-19-27-38(28-20-34)51-41-11-7-10-40-39(41)9-8-12-42(40)52-46(4,30-6-2)36-23-15-32(16-24-36)43(49)33-17-25-37(47)26-18-33/h7-28H,5-6,29-30H2,1-4H3. The van der Waals surface area contributed by atoms with Crippen LogP contribution in [-0.2, 0) is 10.5 Å². The van der Waals surface area contributed by atoms with Gasteiger partial charge in [-0.05, 0) is 98.5 Å². The lowest BCUT2D eigenvalue weighted by atomic mass is 9.89. The van der Waals surface area contributed by atoms with Crippen molar-refractivity contribution in [3.05, 3.63) is 172 Å². The number of halogens is 2. The molecule has 0 spiro atoms. The third kappa shape index (κ3) is 8.09. The maximum absolute atomic E-state index is 13.3. The third-order valence-corrected chi connectivity index (χ3v) is 10.2. The number of carbonyl (C=O) groups is 2. The van der Waals surface area contributed by atoms with Crippen molar-refractivity contribution in [3.8, 4) is 17.2 Å². The lowest BCUT2D eigenvalue weighted by Gasteiger charge is -2.32. The summed E-state index contributed by atoms with van der Waals surface area (Å²) in [7, 11) is 0. The molecule has 0 heterocycles. The van der Waals surface area contributed by atoms with Gasteiger partial charge in [0, 0.05) is 38.0 Å². The van der Waals surface area contributed by atoms with Crippen LogP contribution in [0.5, 0.6) is 17.2 Å². The largest absolute Gasteiger partial charge is 0.482 e. The van der Waals surface area contributed by atoms with Crippen molar-refractivity contribution in [2.75, 3.05) is 0 Å². The van der Waals surface area contributed by atoms with Crippen LogP contribution in [0.2, 0.25) is 5.02 Å². The number of rotatable bonds is 14. The van der Waals surface area contributed by atoms with E-state index in [9.17, 15) is 9.59 Å². The molecule has 2 atom stereocenters. The Morgan fingerprint density at radius 2 is 1.00 bits per heavy atom. The van der Waals surface area contributed by atoms with Gasteiger partial charge in [0.05, 0.1) is 4.87 Å². The van der Waals surface area contributed by atoms with Crippen molar-refractivity contribution in [3.63, 3.8) is 0 Å². The summed E-state index contributed by atoms with van der Waals surface area (Å²) in [5, 5.41) is 2.41. The minimum atomic E-state index is -0.649. The van der Waals surface area contributed by atoms with E-state index in [1.54, 1.807) is 36.4 Å². The van der Waals surface area contributed by atoms with Crippen molar-refractivity contribution in [2.45, 2.75) is 63.9 Å². The van der Waals surface area contributed by atoms with Crippen molar-refractivity contribution in [2.24, 2.45) is 0 Å². The van der Waals surface area contributed by atoms with E-state index in [0.29, 0.717) is 38.8 Å². The lowest BCUT2D eigenvalue weighted by Crippen LogP contribution is -2.29. The molecule has 4 nitrogen and oxygen atoms in total. The van der Waals surface area contributed by atoms with E-state index in [2.05, 4.69) is 20.8 Å². The van der Waals surface area contributed by atoms with Crippen LogP contribution in [0.3, 0.4) is 0 Å². The maximum Gasteiger partial charge on any atom is 0.193 e. The van der Waals surface area contributed by atoms with Gasteiger partial charge in [-0.15, -0.1) is 11.6 Å². The molecule has 0 saturated heterocycles. The Morgan fingerprint density at radius 3 is 1.52 bits per heavy atom. The molecule has 0 aliphatic carbocycles. The van der Waals surface area contributed by atoms with E-state index in [-0.39, 0.29) is 11.6 Å². The second-order valence-electron chi connectivity index (χ2n) is 13.6. The topological polar surface area (TPSA) is 52.6 Å². The van der Waals surface area contributed by atoms with Crippen molar-refractivity contribution in [1.82, 2.24) is 0 Å². The second-order valence-corrected chi connectivity index (χ2v) is 14.9. The van der Waals surface area contributed by atoms with Gasteiger partial charge in [-0.1, -0.05) is 111 Å². The molecule has 0 bridgehead atoms. The number of ether oxygens (including phenoxy) is 2. The number of alkyl halides is 1. The lowest BCUT2D eigenvalue weighted by molar-refractivity contribution is 0.0779. The van der Waals surface area contributed by atoms with E-state index in [0.717, 1.165) is 53.3 Å². The predicted octanol–water partition coefficient (Wildman–Crippen LogP) is 13.1. The predicted molar refractivity (Wildman–Crippen MR) is 213 cm³/mol. The highest BCUT2D eigenvalue weighted by atomic mass is 35.5. The quantitative estimate of drug-likeness (QED) is 0.0827. The van der Waals surface area contributed by atoms with E-state index in [1.165, 1.54) is 0 Å². The monoisotopic (exact) mass is 728 g/mol. The minimum Gasteiger partial charge on any atom is -0.482 e. The molecule has 0 N–H and O–H groups in total. The zero-order chi connectivity index (χ0) is 36.9. The molecule has 0 aromatic heterocycles. The summed E-state index contributed by atoms with van der Waals surface area (Å²) in [6, 6.07) is 41.3. The zero-order valence-corrected chi connectivity index (χ0v) is 31.4. The normalized spacial score (nSPS) is 13.6. The van der Waals surface area contributed by atoms with Gasteiger partial charge >= 0.3 is 0 Å². The molecule has 6 aromatic carbocycles. The smallest absolute Gasteiger partial charge is 0.193 e. The van der Waals surface area contributed by atoms with Crippen molar-refractivity contribution in [1.29, 1.82) is 0 Å². The summed E-state index contributed by atoms with van der Waals surface area (Å²) in [4.78, 5) is 25.9. The summed E-state index contributed by atoms with van der Waals surface area (Å²) in [5.74, 6) is 1.91. The van der Waals surface area contributed by atoms with Crippen LogP contribution < -0.4 is 9.47 Å². The molecule has 6 aromatic rings. The Hall–Kier alpha value is -4.90. The van der Waals surface area contributed by atoms with Crippen LogP contribution in [0, 0.1) is 0 Å². The Balaban J connectivity index is 1.20. The van der Waals surface area contributed by atoms with Gasteiger partial charge in [-0.25, -0.2) is 0 Å². The first kappa shape index (κ1) is 36.9.